The molecule has 62 valence electrons. The van der Waals surface area contributed by atoms with E-state index >= 15 is 0 Å². The molecular weight excluding hydrogens is 222 g/mol. The maximum atomic E-state index is 11.3. The average Bonchev–Trinajstić information content (AvgIpc) is 2.41. The van der Waals surface area contributed by atoms with Gasteiger partial charge in [0.2, 0.25) is 5.91 Å². The minimum absolute atomic E-state index is 0.0477. The van der Waals surface area contributed by atoms with Crippen molar-refractivity contribution < 1.29 is 9.59 Å². The van der Waals surface area contributed by atoms with E-state index in [9.17, 15) is 9.59 Å². The molecule has 4 heteroatoms. The Morgan fingerprint density at radius 3 is 2.83 bits per heavy atom. The van der Waals surface area contributed by atoms with Gasteiger partial charge in [0.05, 0.1) is 12.1 Å². The van der Waals surface area contributed by atoms with Crippen LogP contribution in [0.5, 0.6) is 0 Å². The van der Waals surface area contributed by atoms with Crippen LogP contribution in [0.2, 0.25) is 0 Å². The number of hydrogen-bond acceptors (Lipinski definition) is 2. The Balaban J connectivity index is 2.45. The predicted octanol–water partition coefficient (Wildman–Crippen LogP) is 1.01. The largest absolute Gasteiger partial charge is 0.324 e. The summed E-state index contributed by atoms with van der Waals surface area (Å²) < 4.78 is 0.822. The Kier molecular flexibility index (Phi) is 1.65. The molecule has 1 N–H and O–H groups in total. The molecule has 0 saturated carbocycles. The normalized spacial score (nSPS) is 22.2. The number of Topliss-reactive ketones (excluding diaryl/α,β-unsaturated/α-hetero) is 1. The highest BCUT2D eigenvalue weighted by Crippen LogP contribution is 2.30. The number of carbonyl (C=O) groups is 2. The average molecular weight is 228 g/mol. The van der Waals surface area contributed by atoms with Gasteiger partial charge in [-0.2, -0.15) is 0 Å². The van der Waals surface area contributed by atoms with Crippen LogP contribution >= 0.6 is 15.9 Å². The van der Waals surface area contributed by atoms with E-state index in [-0.39, 0.29) is 18.1 Å². The summed E-state index contributed by atoms with van der Waals surface area (Å²) >= 11 is 3.29. The van der Waals surface area contributed by atoms with E-state index in [1.54, 1.807) is 6.08 Å². The first kappa shape index (κ1) is 7.73. The van der Waals surface area contributed by atoms with Crippen molar-refractivity contribution in [3.8, 4) is 0 Å². The Labute approximate surface area is 77.6 Å². The molecule has 12 heavy (non-hydrogen) atoms. The molecule has 0 atom stereocenters. The Bertz CT molecular complexity index is 331. The van der Waals surface area contributed by atoms with E-state index in [1.807, 2.05) is 0 Å². The van der Waals surface area contributed by atoms with E-state index in [4.69, 9.17) is 0 Å². The van der Waals surface area contributed by atoms with Gasteiger partial charge < -0.3 is 5.32 Å². The molecule has 0 unspecified atom stereocenters. The summed E-state index contributed by atoms with van der Waals surface area (Å²) in [4.78, 5) is 22.2. The second kappa shape index (κ2) is 2.55. The molecule has 1 heterocycles. The lowest BCUT2D eigenvalue weighted by molar-refractivity contribution is -0.120. The first-order valence-corrected chi connectivity index (χ1v) is 4.40. The molecule has 2 rings (SSSR count). The van der Waals surface area contributed by atoms with E-state index in [1.165, 1.54) is 0 Å². The maximum absolute atomic E-state index is 11.3. The molecule has 0 fully saturated rings. The number of nitrogens with one attached hydrogen (secondary N) is 1. The van der Waals surface area contributed by atoms with Crippen LogP contribution in [0.25, 0.3) is 0 Å². The minimum Gasteiger partial charge on any atom is -0.324 e. The van der Waals surface area contributed by atoms with Gasteiger partial charge in [0.25, 0.3) is 0 Å². The molecule has 0 bridgehead atoms. The van der Waals surface area contributed by atoms with Crippen molar-refractivity contribution >= 4 is 27.6 Å². The third-order valence-electron chi connectivity index (χ3n) is 1.95. The summed E-state index contributed by atoms with van der Waals surface area (Å²) in [5.41, 5.74) is 1.28. The number of allylic oxidation sites excluding steroid dienone is 2. The summed E-state index contributed by atoms with van der Waals surface area (Å²) in [6, 6.07) is 0. The summed E-state index contributed by atoms with van der Waals surface area (Å²) in [6.45, 7) is 0. The van der Waals surface area contributed by atoms with Gasteiger partial charge in [-0.15, -0.1) is 0 Å². The van der Waals surface area contributed by atoms with Crippen LogP contribution in [0.3, 0.4) is 0 Å². The van der Waals surface area contributed by atoms with Gasteiger partial charge in [0.15, 0.2) is 5.78 Å². The molecular formula is C8H6BrNO2. The molecule has 0 aromatic rings. The van der Waals surface area contributed by atoms with Gasteiger partial charge in [0.1, 0.15) is 0 Å². The van der Waals surface area contributed by atoms with Gasteiger partial charge in [-0.05, 0) is 15.9 Å². The SMILES string of the molecule is O=C1CC2=C(N1)C(Br)=CCC2=O. The lowest BCUT2D eigenvalue weighted by atomic mass is 10.0. The van der Waals surface area contributed by atoms with Crippen LogP contribution in [0.15, 0.2) is 21.8 Å². The van der Waals surface area contributed by atoms with Crippen LogP contribution in [0.4, 0.5) is 0 Å². The molecule has 0 aromatic carbocycles. The summed E-state index contributed by atoms with van der Waals surface area (Å²) in [5, 5.41) is 2.64. The summed E-state index contributed by atoms with van der Waals surface area (Å²) in [5.74, 6) is -0.0489. The van der Waals surface area contributed by atoms with Crippen molar-refractivity contribution in [1.29, 1.82) is 0 Å². The fraction of sp³-hybridized carbons (Fsp3) is 0.250. The van der Waals surface area contributed by atoms with Gasteiger partial charge >= 0.3 is 0 Å². The maximum Gasteiger partial charge on any atom is 0.229 e. The molecule has 1 aliphatic carbocycles. The Morgan fingerprint density at radius 2 is 2.17 bits per heavy atom. The number of halogens is 1. The van der Waals surface area contributed by atoms with E-state index in [2.05, 4.69) is 21.2 Å². The van der Waals surface area contributed by atoms with Crippen molar-refractivity contribution in [2.45, 2.75) is 12.8 Å². The molecule has 0 saturated heterocycles. The fourth-order valence-electron chi connectivity index (χ4n) is 1.36. The van der Waals surface area contributed by atoms with Gasteiger partial charge in [-0.25, -0.2) is 0 Å². The standard InChI is InChI=1S/C8H6BrNO2/c9-5-1-2-6(11)4-3-7(12)10-8(4)5/h1H,2-3H2,(H,10,12). The zero-order valence-electron chi connectivity index (χ0n) is 6.19. The van der Waals surface area contributed by atoms with Gasteiger partial charge in [-0.3, -0.25) is 9.59 Å². The zero-order chi connectivity index (χ0) is 8.72. The number of rotatable bonds is 0. The highest BCUT2D eigenvalue weighted by molar-refractivity contribution is 9.12. The van der Waals surface area contributed by atoms with Crippen LogP contribution in [-0.2, 0) is 9.59 Å². The first-order chi connectivity index (χ1) is 5.68. The molecule has 1 aliphatic heterocycles. The third-order valence-corrected chi connectivity index (χ3v) is 2.67. The Morgan fingerprint density at radius 1 is 1.42 bits per heavy atom. The van der Waals surface area contributed by atoms with Crippen molar-refractivity contribution in [2.75, 3.05) is 0 Å². The summed E-state index contributed by atoms with van der Waals surface area (Å²) in [7, 11) is 0. The molecule has 3 nitrogen and oxygen atoms in total. The predicted molar refractivity (Wildman–Crippen MR) is 46.4 cm³/mol. The molecule has 0 aromatic heterocycles. The third kappa shape index (κ3) is 1.03. The zero-order valence-corrected chi connectivity index (χ0v) is 7.77. The molecule has 2 aliphatic rings. The van der Waals surface area contributed by atoms with E-state index in [0.717, 1.165) is 4.48 Å². The smallest absolute Gasteiger partial charge is 0.229 e. The molecule has 0 spiro atoms. The van der Waals surface area contributed by atoms with Crippen molar-refractivity contribution in [1.82, 2.24) is 5.32 Å². The van der Waals surface area contributed by atoms with E-state index < -0.39 is 0 Å². The second-order valence-electron chi connectivity index (χ2n) is 2.76. The minimum atomic E-state index is -0.0967. The van der Waals surface area contributed by atoms with Crippen LogP contribution in [-0.4, -0.2) is 11.7 Å². The first-order valence-electron chi connectivity index (χ1n) is 3.60. The van der Waals surface area contributed by atoms with Gasteiger partial charge in [-0.1, -0.05) is 6.08 Å². The van der Waals surface area contributed by atoms with Crippen LogP contribution < -0.4 is 5.32 Å². The molecule has 1 amide bonds. The monoisotopic (exact) mass is 227 g/mol. The van der Waals surface area contributed by atoms with Crippen LogP contribution in [0.1, 0.15) is 12.8 Å². The number of ketones is 1. The fourth-order valence-corrected chi connectivity index (χ4v) is 1.86. The number of carbonyl (C=O) groups excluding carboxylic acids is 2. The van der Waals surface area contributed by atoms with Gasteiger partial charge in [0, 0.05) is 16.5 Å². The van der Waals surface area contributed by atoms with Crippen molar-refractivity contribution in [2.24, 2.45) is 0 Å². The Hall–Kier alpha value is -0.900. The lowest BCUT2D eigenvalue weighted by Crippen LogP contribution is -2.15. The topological polar surface area (TPSA) is 46.2 Å². The van der Waals surface area contributed by atoms with E-state index in [0.29, 0.717) is 17.7 Å². The second-order valence-corrected chi connectivity index (χ2v) is 3.61. The summed E-state index contributed by atoms with van der Waals surface area (Å²) in [6.07, 6.45) is 2.40. The highest BCUT2D eigenvalue weighted by Gasteiger charge is 2.29. The number of amides is 1. The number of hydrogen-bond donors (Lipinski definition) is 1. The lowest BCUT2D eigenvalue weighted by Gasteiger charge is -2.08. The quantitative estimate of drug-likeness (QED) is 0.672. The van der Waals surface area contributed by atoms with Crippen molar-refractivity contribution in [3.05, 3.63) is 21.8 Å². The van der Waals surface area contributed by atoms with Crippen molar-refractivity contribution in [3.63, 3.8) is 0 Å². The highest BCUT2D eigenvalue weighted by atomic mass is 79.9. The van der Waals surface area contributed by atoms with Crippen LogP contribution in [0, 0.1) is 0 Å². The molecule has 0 radical (unpaired) electrons.